The molecule has 1 aliphatic carbocycles. The molecule has 1 saturated carbocycles. The second-order valence-electron chi connectivity index (χ2n) is 21.9. The number of hydrogen-bond donors (Lipinski definition) is 2. The van der Waals surface area contributed by atoms with Gasteiger partial charge in [-0.1, -0.05) is 5.16 Å². The summed E-state index contributed by atoms with van der Waals surface area (Å²) in [7, 11) is 1.66. The minimum Gasteiger partial charge on any atom is -0.439 e. The highest BCUT2D eigenvalue weighted by molar-refractivity contribution is 6.09. The van der Waals surface area contributed by atoms with Gasteiger partial charge in [0.15, 0.2) is 35.5 Å². The maximum atomic E-state index is 16.0. The number of rotatable bonds is 10. The lowest BCUT2D eigenvalue weighted by Gasteiger charge is -2.61. The molecule has 6 fully saturated rings. The number of imide groups is 1. The molecule has 22 nitrogen and oxygen atoms in total. The molecule has 6 aliphatic rings. The van der Waals surface area contributed by atoms with E-state index >= 15 is 4.39 Å². The number of nitrogen functional groups attached to an aromatic ring is 1. The number of aromatic nitrogens is 9. The number of carbonyl (C=O) groups excluding carboxylic acids is 4. The Bertz CT molecular complexity index is 3170. The molecular formula is C50H59FN16O6. The number of nitrogens with two attached hydrogens (primary N) is 1. The van der Waals surface area contributed by atoms with Crippen LogP contribution >= 0.6 is 0 Å². The van der Waals surface area contributed by atoms with Crippen LogP contribution in [0.1, 0.15) is 88.9 Å². The molecule has 10 heterocycles. The van der Waals surface area contributed by atoms with E-state index in [1.54, 1.807) is 22.9 Å². The molecule has 1 spiro atoms. The van der Waals surface area contributed by atoms with Crippen LogP contribution in [0, 0.1) is 17.2 Å². The third-order valence-corrected chi connectivity index (χ3v) is 15.7. The summed E-state index contributed by atoms with van der Waals surface area (Å²) in [6.07, 6.45) is 9.95. The predicted octanol–water partition coefficient (Wildman–Crippen LogP) is 5.00. The molecule has 5 amide bonds. The highest BCUT2D eigenvalue weighted by Crippen LogP contribution is 2.49. The molecule has 0 radical (unpaired) electrons. The van der Waals surface area contributed by atoms with Gasteiger partial charge in [-0.3, -0.25) is 24.5 Å². The van der Waals surface area contributed by atoms with Gasteiger partial charge in [0.1, 0.15) is 29.0 Å². The fraction of sp³-hybridized carbons (Fsp3) is 0.540. The van der Waals surface area contributed by atoms with E-state index < -0.39 is 17.7 Å². The van der Waals surface area contributed by atoms with Gasteiger partial charge in [0, 0.05) is 108 Å². The predicted molar refractivity (Wildman–Crippen MR) is 265 cm³/mol. The fourth-order valence-electron chi connectivity index (χ4n) is 11.7. The number of amides is 5. The Morgan fingerprint density at radius 1 is 0.890 bits per heavy atom. The topological polar surface area (TPSA) is 245 Å². The van der Waals surface area contributed by atoms with Crippen LogP contribution in [0.15, 0.2) is 35.4 Å². The number of fused-ring (bicyclic) bond motifs is 2. The SMILES string of the molecule is Cn1nc(N2CCC(=O)NC2=O)c2ccc(N3CC4(CN(CC5CCN(C(=O)COC(=O)N6CCC(c7cnc(-c8c(-c9nn(C(C)(C)C)c%10ncnc(N)c9%10)noc8C8CC8)nc7)CC6)CC5)C4)C3)c(F)c21. The standard InChI is InChI=1S/C50H59FN16O6/c1-49(2,3)67-46-37(43(52)55-27-56-46)39(58-67)40-36(42(73-60-40)30-5-6-30)44-53-19-31(20-54-44)29-11-16-64(17-12-29)48(71)72-22-35(69)63-14-9-28(10-15-63)21-62-23-50(24-62)25-65(26-50)33-8-7-32-41(38(33)51)61(4)59-45(32)66-18-13-34(68)57-47(66)70/h7-8,19-20,27-30H,5-6,9-18,21-26H2,1-4H3,(H2,52,55,56)(H,57,68,70). The van der Waals surface area contributed by atoms with Gasteiger partial charge in [0.25, 0.3) is 5.91 Å². The normalized spacial score (nSPS) is 20.0. The number of nitrogens with zero attached hydrogens (tertiary/aromatic N) is 14. The van der Waals surface area contributed by atoms with Crippen molar-refractivity contribution in [3.05, 3.63) is 48.0 Å². The zero-order valence-electron chi connectivity index (χ0n) is 41.5. The van der Waals surface area contributed by atoms with E-state index in [1.165, 1.54) is 15.9 Å². The summed E-state index contributed by atoms with van der Waals surface area (Å²) in [4.78, 5) is 78.4. The first-order valence-electron chi connectivity index (χ1n) is 25.4. The lowest BCUT2D eigenvalue weighted by atomic mass is 9.72. The molecule has 23 heteroatoms. The van der Waals surface area contributed by atoms with E-state index in [-0.39, 0.29) is 54.5 Å². The number of carbonyl (C=O) groups is 4. The summed E-state index contributed by atoms with van der Waals surface area (Å²) in [5, 5.41) is 17.4. The maximum Gasteiger partial charge on any atom is 0.410 e. The molecule has 6 aromatic rings. The molecule has 3 N–H and O–H groups in total. The van der Waals surface area contributed by atoms with Gasteiger partial charge in [-0.15, -0.1) is 0 Å². The summed E-state index contributed by atoms with van der Waals surface area (Å²) in [5.74, 6) is 1.79. The van der Waals surface area contributed by atoms with E-state index in [0.717, 1.165) is 69.7 Å². The van der Waals surface area contributed by atoms with Crippen LogP contribution in [0.4, 0.5) is 31.3 Å². The third kappa shape index (κ3) is 8.43. The Morgan fingerprint density at radius 3 is 2.32 bits per heavy atom. The fourth-order valence-corrected chi connectivity index (χ4v) is 11.7. The summed E-state index contributed by atoms with van der Waals surface area (Å²) in [6, 6.07) is 3.02. The molecule has 382 valence electrons. The van der Waals surface area contributed by atoms with Gasteiger partial charge in [0.05, 0.1) is 22.2 Å². The number of likely N-dealkylation sites (tertiary alicyclic amines) is 3. The zero-order chi connectivity index (χ0) is 50.5. The average Bonchev–Trinajstić information content (AvgIpc) is 3.82. The minimum atomic E-state index is -0.555. The van der Waals surface area contributed by atoms with Crippen molar-refractivity contribution in [3.8, 4) is 22.8 Å². The highest BCUT2D eigenvalue weighted by Gasteiger charge is 2.52. The van der Waals surface area contributed by atoms with Crippen molar-refractivity contribution in [1.29, 1.82) is 0 Å². The van der Waals surface area contributed by atoms with Crippen molar-refractivity contribution >= 4 is 63.2 Å². The smallest absolute Gasteiger partial charge is 0.410 e. The first-order chi connectivity index (χ1) is 35.1. The summed E-state index contributed by atoms with van der Waals surface area (Å²) in [5.41, 5.74) is 10.3. The van der Waals surface area contributed by atoms with Gasteiger partial charge in [-0.25, -0.2) is 38.6 Å². The average molecular weight is 999 g/mol. The first kappa shape index (κ1) is 46.8. The molecule has 12 rings (SSSR count). The van der Waals surface area contributed by atoms with Crippen molar-refractivity contribution < 1.29 is 32.8 Å². The summed E-state index contributed by atoms with van der Waals surface area (Å²) in [6.45, 7) is 12.6. The number of piperidine rings is 2. The quantitative estimate of drug-likeness (QED) is 0.183. The van der Waals surface area contributed by atoms with E-state index in [1.807, 2.05) is 43.9 Å². The lowest BCUT2D eigenvalue weighted by Crippen LogP contribution is -2.72. The molecule has 0 unspecified atom stereocenters. The molecule has 5 saturated heterocycles. The van der Waals surface area contributed by atoms with Gasteiger partial charge in [0.2, 0.25) is 5.91 Å². The van der Waals surface area contributed by atoms with Crippen LogP contribution in [-0.4, -0.2) is 155 Å². The van der Waals surface area contributed by atoms with Crippen molar-refractivity contribution in [3.63, 3.8) is 0 Å². The van der Waals surface area contributed by atoms with Crippen LogP contribution in [0.3, 0.4) is 0 Å². The molecule has 0 bridgehead atoms. The maximum absolute atomic E-state index is 16.0. The number of anilines is 3. The molecule has 5 aliphatic heterocycles. The second kappa shape index (κ2) is 17.7. The van der Waals surface area contributed by atoms with Crippen LogP contribution in [0.25, 0.3) is 44.7 Å². The van der Waals surface area contributed by atoms with Gasteiger partial charge < -0.3 is 34.6 Å². The molecule has 1 aromatic carbocycles. The summed E-state index contributed by atoms with van der Waals surface area (Å²) < 4.78 is 30.9. The lowest BCUT2D eigenvalue weighted by molar-refractivity contribution is -0.136. The number of nitrogens with one attached hydrogen (secondary N) is 1. The minimum absolute atomic E-state index is 0.125. The number of ether oxygens (including phenoxy) is 1. The number of hydrogen-bond acceptors (Lipinski definition) is 16. The van der Waals surface area contributed by atoms with E-state index in [0.29, 0.717) is 107 Å². The van der Waals surface area contributed by atoms with E-state index in [2.05, 4.69) is 35.3 Å². The zero-order valence-corrected chi connectivity index (χ0v) is 41.5. The largest absolute Gasteiger partial charge is 0.439 e. The van der Waals surface area contributed by atoms with Gasteiger partial charge in [-0.2, -0.15) is 10.2 Å². The van der Waals surface area contributed by atoms with E-state index in [9.17, 15) is 19.2 Å². The van der Waals surface area contributed by atoms with E-state index in [4.69, 9.17) is 30.1 Å². The number of aryl methyl sites for hydroxylation is 1. The van der Waals surface area contributed by atoms with Crippen molar-refractivity contribution in [2.24, 2.45) is 18.4 Å². The van der Waals surface area contributed by atoms with Crippen LogP contribution in [-0.2, 0) is 26.9 Å². The summed E-state index contributed by atoms with van der Waals surface area (Å²) >= 11 is 0. The Labute approximate surface area is 419 Å². The van der Waals surface area contributed by atoms with Crippen LogP contribution < -0.4 is 20.9 Å². The number of urea groups is 1. The van der Waals surface area contributed by atoms with Crippen molar-refractivity contribution in [1.82, 2.24) is 64.7 Å². The number of halogens is 1. The Balaban J connectivity index is 0.587. The van der Waals surface area contributed by atoms with Crippen molar-refractivity contribution in [2.45, 2.75) is 83.1 Å². The van der Waals surface area contributed by atoms with Crippen molar-refractivity contribution in [2.75, 3.05) is 87.6 Å². The van der Waals surface area contributed by atoms with Crippen LogP contribution in [0.5, 0.6) is 0 Å². The second-order valence-corrected chi connectivity index (χ2v) is 21.9. The van der Waals surface area contributed by atoms with Crippen LogP contribution in [0.2, 0.25) is 0 Å². The molecule has 0 atom stereocenters. The van der Waals surface area contributed by atoms with Gasteiger partial charge >= 0.3 is 12.1 Å². The number of benzene rings is 1. The Kier molecular flexibility index (Phi) is 11.4. The molecule has 73 heavy (non-hydrogen) atoms. The first-order valence-corrected chi connectivity index (χ1v) is 25.4. The Morgan fingerprint density at radius 2 is 1.62 bits per heavy atom. The molecular weight excluding hydrogens is 940 g/mol. The Hall–Kier alpha value is -7.30. The van der Waals surface area contributed by atoms with Gasteiger partial charge in [-0.05, 0) is 88.8 Å². The monoisotopic (exact) mass is 998 g/mol. The third-order valence-electron chi connectivity index (χ3n) is 15.7. The molecule has 5 aromatic heterocycles. The highest BCUT2D eigenvalue weighted by atomic mass is 19.1.